The molecule has 4 nitrogen and oxygen atoms in total. The number of rotatable bonds is 3. The average Bonchev–Trinajstić information content (AvgIpc) is 2.40. The smallest absolute Gasteiger partial charge is 0.321 e. The van der Waals surface area contributed by atoms with Gasteiger partial charge in [-0.1, -0.05) is 6.07 Å². The standard InChI is InChI=1S/C14H20FN3O/c1-18(10-11-4-3-7-16-9-11)14(19)17-13-6-2-5-12(15)8-13/h2,5-6,8,11,16H,3-4,7,9-10H2,1H3,(H,17,19). The number of anilines is 1. The van der Waals surface area contributed by atoms with Gasteiger partial charge in [0.15, 0.2) is 0 Å². The first-order chi connectivity index (χ1) is 9.15. The Hall–Kier alpha value is -1.62. The van der Waals surface area contributed by atoms with E-state index in [1.807, 2.05) is 0 Å². The van der Waals surface area contributed by atoms with Crippen LogP contribution in [0.2, 0.25) is 0 Å². The van der Waals surface area contributed by atoms with E-state index < -0.39 is 0 Å². The van der Waals surface area contributed by atoms with Crippen LogP contribution in [0.1, 0.15) is 12.8 Å². The summed E-state index contributed by atoms with van der Waals surface area (Å²) in [7, 11) is 1.77. The van der Waals surface area contributed by atoms with Crippen LogP contribution in [0.15, 0.2) is 24.3 Å². The van der Waals surface area contributed by atoms with Gasteiger partial charge in [0.05, 0.1) is 0 Å². The van der Waals surface area contributed by atoms with Crippen molar-refractivity contribution in [2.45, 2.75) is 12.8 Å². The highest BCUT2D eigenvalue weighted by molar-refractivity contribution is 5.89. The Morgan fingerprint density at radius 1 is 1.58 bits per heavy atom. The molecule has 0 saturated carbocycles. The molecule has 1 aromatic carbocycles. The minimum atomic E-state index is -0.350. The summed E-state index contributed by atoms with van der Waals surface area (Å²) in [5, 5.41) is 6.03. The van der Waals surface area contributed by atoms with Crippen LogP contribution in [0.3, 0.4) is 0 Å². The fourth-order valence-electron chi connectivity index (χ4n) is 2.34. The fraction of sp³-hybridized carbons (Fsp3) is 0.500. The van der Waals surface area contributed by atoms with E-state index in [2.05, 4.69) is 10.6 Å². The van der Waals surface area contributed by atoms with E-state index >= 15 is 0 Å². The van der Waals surface area contributed by atoms with Crippen molar-refractivity contribution in [3.8, 4) is 0 Å². The van der Waals surface area contributed by atoms with E-state index in [4.69, 9.17) is 0 Å². The van der Waals surface area contributed by atoms with Gasteiger partial charge in [0, 0.05) is 19.3 Å². The van der Waals surface area contributed by atoms with E-state index in [-0.39, 0.29) is 11.8 Å². The highest BCUT2D eigenvalue weighted by atomic mass is 19.1. The Labute approximate surface area is 113 Å². The number of amides is 2. The maximum absolute atomic E-state index is 13.0. The van der Waals surface area contributed by atoms with Crippen LogP contribution in [-0.2, 0) is 0 Å². The Morgan fingerprint density at radius 3 is 3.11 bits per heavy atom. The number of nitrogens with one attached hydrogen (secondary N) is 2. The first-order valence-electron chi connectivity index (χ1n) is 6.63. The fourth-order valence-corrected chi connectivity index (χ4v) is 2.34. The minimum Gasteiger partial charge on any atom is -0.327 e. The number of urea groups is 1. The SMILES string of the molecule is CN(CC1CCCNC1)C(=O)Nc1cccc(F)c1. The summed E-state index contributed by atoms with van der Waals surface area (Å²) in [6.07, 6.45) is 2.30. The quantitative estimate of drug-likeness (QED) is 0.880. The van der Waals surface area contributed by atoms with Crippen LogP contribution in [0.4, 0.5) is 14.9 Å². The molecule has 1 fully saturated rings. The molecule has 1 unspecified atom stereocenters. The molecular weight excluding hydrogens is 245 g/mol. The maximum atomic E-state index is 13.0. The molecule has 0 radical (unpaired) electrons. The first-order valence-corrected chi connectivity index (χ1v) is 6.63. The summed E-state index contributed by atoms with van der Waals surface area (Å²) in [5.74, 6) is 0.147. The summed E-state index contributed by atoms with van der Waals surface area (Å²) in [4.78, 5) is 13.6. The molecule has 5 heteroatoms. The molecule has 1 aliphatic heterocycles. The molecule has 1 aromatic rings. The third-order valence-corrected chi connectivity index (χ3v) is 3.35. The monoisotopic (exact) mass is 265 g/mol. The highest BCUT2D eigenvalue weighted by Crippen LogP contribution is 2.13. The second-order valence-electron chi connectivity index (χ2n) is 5.03. The summed E-state index contributed by atoms with van der Waals surface area (Å²) >= 11 is 0. The number of nitrogens with zero attached hydrogens (tertiary/aromatic N) is 1. The van der Waals surface area contributed by atoms with Gasteiger partial charge in [-0.2, -0.15) is 0 Å². The summed E-state index contributed by atoms with van der Waals surface area (Å²) in [6, 6.07) is 5.73. The molecule has 19 heavy (non-hydrogen) atoms. The molecule has 1 aliphatic rings. The van der Waals surface area contributed by atoms with Crippen molar-refractivity contribution >= 4 is 11.7 Å². The van der Waals surface area contributed by atoms with Gasteiger partial charge in [0.2, 0.25) is 0 Å². The van der Waals surface area contributed by atoms with Crippen LogP contribution >= 0.6 is 0 Å². The van der Waals surface area contributed by atoms with Crippen LogP contribution in [-0.4, -0.2) is 37.6 Å². The second-order valence-corrected chi connectivity index (χ2v) is 5.03. The molecule has 0 bridgehead atoms. The van der Waals surface area contributed by atoms with Crippen LogP contribution in [0.25, 0.3) is 0 Å². The van der Waals surface area contributed by atoms with E-state index in [0.29, 0.717) is 18.2 Å². The van der Waals surface area contributed by atoms with E-state index in [9.17, 15) is 9.18 Å². The molecule has 2 amide bonds. The van der Waals surface area contributed by atoms with Gasteiger partial charge in [0.25, 0.3) is 0 Å². The van der Waals surface area contributed by atoms with Crippen LogP contribution in [0.5, 0.6) is 0 Å². The van der Waals surface area contributed by atoms with Gasteiger partial charge in [-0.05, 0) is 50.0 Å². The summed E-state index contributed by atoms with van der Waals surface area (Å²) in [5.41, 5.74) is 0.485. The zero-order valence-corrected chi connectivity index (χ0v) is 11.2. The molecule has 104 valence electrons. The number of carbonyl (C=O) groups excluding carboxylic acids is 1. The lowest BCUT2D eigenvalue weighted by molar-refractivity contribution is 0.207. The number of halogens is 1. The maximum Gasteiger partial charge on any atom is 0.321 e. The molecule has 1 saturated heterocycles. The van der Waals surface area contributed by atoms with Gasteiger partial charge in [0.1, 0.15) is 5.82 Å². The van der Waals surface area contributed by atoms with Gasteiger partial charge >= 0.3 is 6.03 Å². The predicted octanol–water partition coefficient (Wildman–Crippen LogP) is 2.29. The van der Waals surface area contributed by atoms with Crippen molar-refractivity contribution < 1.29 is 9.18 Å². The third-order valence-electron chi connectivity index (χ3n) is 3.35. The molecule has 1 atom stereocenters. The third kappa shape index (κ3) is 4.21. The largest absolute Gasteiger partial charge is 0.327 e. The van der Waals surface area contributed by atoms with Crippen LogP contribution in [0, 0.1) is 11.7 Å². The summed E-state index contributed by atoms with van der Waals surface area (Å²) in [6.45, 7) is 2.74. The van der Waals surface area contributed by atoms with Crippen molar-refractivity contribution in [1.29, 1.82) is 0 Å². The molecule has 2 N–H and O–H groups in total. The molecule has 1 heterocycles. The Kier molecular flexibility index (Phi) is 4.74. The normalized spacial score (nSPS) is 18.9. The molecule has 0 aromatic heterocycles. The first kappa shape index (κ1) is 13.8. The molecule has 0 aliphatic carbocycles. The highest BCUT2D eigenvalue weighted by Gasteiger charge is 2.18. The van der Waals surface area contributed by atoms with E-state index in [0.717, 1.165) is 25.9 Å². The Balaban J connectivity index is 1.84. The van der Waals surface area contributed by atoms with Gasteiger partial charge in [-0.25, -0.2) is 9.18 Å². The number of carbonyl (C=O) groups is 1. The molecule has 0 spiro atoms. The van der Waals surface area contributed by atoms with Crippen molar-refractivity contribution in [3.63, 3.8) is 0 Å². The second kappa shape index (κ2) is 6.52. The zero-order valence-electron chi connectivity index (χ0n) is 11.2. The summed E-state index contributed by atoms with van der Waals surface area (Å²) < 4.78 is 13.0. The van der Waals surface area contributed by atoms with Gasteiger partial charge < -0.3 is 15.5 Å². The molecular formula is C14H20FN3O. The van der Waals surface area contributed by atoms with Crippen LogP contribution < -0.4 is 10.6 Å². The molecule has 2 rings (SSSR count). The lowest BCUT2D eigenvalue weighted by atomic mass is 9.99. The lowest BCUT2D eigenvalue weighted by Crippen LogP contribution is -2.40. The Bertz CT molecular complexity index is 432. The average molecular weight is 265 g/mol. The van der Waals surface area contributed by atoms with Crippen molar-refractivity contribution in [1.82, 2.24) is 10.2 Å². The number of hydrogen-bond donors (Lipinski definition) is 2. The zero-order chi connectivity index (χ0) is 13.7. The van der Waals surface area contributed by atoms with Crippen molar-refractivity contribution in [2.24, 2.45) is 5.92 Å². The van der Waals surface area contributed by atoms with Gasteiger partial charge in [-0.15, -0.1) is 0 Å². The van der Waals surface area contributed by atoms with Crippen molar-refractivity contribution in [3.05, 3.63) is 30.1 Å². The van der Waals surface area contributed by atoms with E-state index in [1.54, 1.807) is 24.1 Å². The van der Waals surface area contributed by atoms with E-state index in [1.165, 1.54) is 12.1 Å². The topological polar surface area (TPSA) is 44.4 Å². The predicted molar refractivity (Wildman–Crippen MR) is 73.6 cm³/mol. The van der Waals surface area contributed by atoms with Gasteiger partial charge in [-0.3, -0.25) is 0 Å². The Morgan fingerprint density at radius 2 is 2.42 bits per heavy atom. The lowest BCUT2D eigenvalue weighted by Gasteiger charge is -2.27. The number of benzene rings is 1. The minimum absolute atomic E-state index is 0.198. The number of piperidine rings is 1. The number of hydrogen-bond acceptors (Lipinski definition) is 2. The van der Waals surface area contributed by atoms with Crippen molar-refractivity contribution in [2.75, 3.05) is 32.0 Å².